The second-order valence-electron chi connectivity index (χ2n) is 6.66. The standard InChI is InChI=1S/C20H22F2N4O2/c21-15-1-5-17(6-2-15)23-19(27)13-25-9-11-26(12-10-25)14-20(28)24-18-7-3-16(22)4-8-18/h1-8H,9-14H2,(H,23,27)(H,24,28). The molecule has 2 N–H and O–H groups in total. The molecule has 148 valence electrons. The van der Waals surface area contributed by atoms with Gasteiger partial charge in [-0.15, -0.1) is 0 Å². The fourth-order valence-electron chi connectivity index (χ4n) is 2.98. The fraction of sp³-hybridized carbons (Fsp3) is 0.300. The highest BCUT2D eigenvalue weighted by molar-refractivity contribution is 5.92. The van der Waals surface area contributed by atoms with Crippen molar-refractivity contribution in [2.24, 2.45) is 0 Å². The Bertz CT molecular complexity index is 734. The molecule has 0 aliphatic carbocycles. The van der Waals surface area contributed by atoms with Gasteiger partial charge in [0.1, 0.15) is 11.6 Å². The van der Waals surface area contributed by atoms with E-state index in [-0.39, 0.29) is 36.5 Å². The van der Waals surface area contributed by atoms with Gasteiger partial charge in [-0.2, -0.15) is 0 Å². The minimum Gasteiger partial charge on any atom is -0.325 e. The van der Waals surface area contributed by atoms with Crippen LogP contribution in [0, 0.1) is 11.6 Å². The molecule has 1 aliphatic heterocycles. The maximum Gasteiger partial charge on any atom is 0.238 e. The maximum atomic E-state index is 12.9. The molecule has 0 saturated carbocycles. The number of rotatable bonds is 6. The Labute approximate surface area is 162 Å². The number of benzene rings is 2. The molecule has 0 unspecified atom stereocenters. The number of carbonyl (C=O) groups is 2. The van der Waals surface area contributed by atoms with Gasteiger partial charge in [-0.3, -0.25) is 19.4 Å². The van der Waals surface area contributed by atoms with Crippen molar-refractivity contribution < 1.29 is 18.4 Å². The van der Waals surface area contributed by atoms with E-state index in [1.807, 2.05) is 9.80 Å². The summed E-state index contributed by atoms with van der Waals surface area (Å²) in [5, 5.41) is 5.48. The predicted molar refractivity (Wildman–Crippen MR) is 103 cm³/mol. The molecule has 3 rings (SSSR count). The number of piperazine rings is 1. The summed E-state index contributed by atoms with van der Waals surface area (Å²) < 4.78 is 25.8. The first-order chi connectivity index (χ1) is 13.5. The monoisotopic (exact) mass is 388 g/mol. The van der Waals surface area contributed by atoms with Crippen LogP contribution in [0.4, 0.5) is 20.2 Å². The zero-order valence-corrected chi connectivity index (χ0v) is 15.3. The van der Waals surface area contributed by atoms with Crippen molar-refractivity contribution in [2.75, 3.05) is 49.9 Å². The Hall–Kier alpha value is -2.84. The van der Waals surface area contributed by atoms with Crippen molar-refractivity contribution in [2.45, 2.75) is 0 Å². The molecule has 0 atom stereocenters. The number of nitrogens with one attached hydrogen (secondary N) is 2. The third-order valence-electron chi connectivity index (χ3n) is 4.46. The third kappa shape index (κ3) is 6.11. The Morgan fingerprint density at radius 1 is 0.679 bits per heavy atom. The smallest absolute Gasteiger partial charge is 0.238 e. The zero-order valence-electron chi connectivity index (χ0n) is 15.3. The summed E-state index contributed by atoms with van der Waals surface area (Å²) in [6, 6.07) is 11.3. The summed E-state index contributed by atoms with van der Waals surface area (Å²) in [4.78, 5) is 28.2. The maximum absolute atomic E-state index is 12.9. The van der Waals surface area contributed by atoms with Gasteiger partial charge in [0, 0.05) is 37.6 Å². The van der Waals surface area contributed by atoms with Gasteiger partial charge < -0.3 is 10.6 Å². The van der Waals surface area contributed by atoms with E-state index < -0.39 is 0 Å². The molecule has 2 aromatic carbocycles. The molecule has 1 saturated heterocycles. The molecule has 6 nitrogen and oxygen atoms in total. The van der Waals surface area contributed by atoms with E-state index in [1.54, 1.807) is 0 Å². The molecule has 1 aliphatic rings. The molecule has 2 aromatic rings. The predicted octanol–water partition coefficient (Wildman–Crippen LogP) is 2.16. The number of amides is 2. The van der Waals surface area contributed by atoms with Crippen molar-refractivity contribution in [3.05, 3.63) is 60.2 Å². The Kier molecular flexibility index (Phi) is 6.67. The number of anilines is 2. The van der Waals surface area contributed by atoms with E-state index in [1.165, 1.54) is 48.5 Å². The second kappa shape index (κ2) is 9.38. The Morgan fingerprint density at radius 3 is 1.32 bits per heavy atom. The van der Waals surface area contributed by atoms with Crippen LogP contribution in [0.2, 0.25) is 0 Å². The van der Waals surface area contributed by atoms with Gasteiger partial charge in [0.05, 0.1) is 13.1 Å². The quantitative estimate of drug-likeness (QED) is 0.796. The van der Waals surface area contributed by atoms with Crippen molar-refractivity contribution in [1.29, 1.82) is 0 Å². The van der Waals surface area contributed by atoms with Crippen LogP contribution < -0.4 is 10.6 Å². The zero-order chi connectivity index (χ0) is 19.9. The number of hydrogen-bond acceptors (Lipinski definition) is 4. The summed E-state index contributed by atoms with van der Waals surface area (Å²) in [5.74, 6) is -1.02. The van der Waals surface area contributed by atoms with Crippen molar-refractivity contribution in [1.82, 2.24) is 9.80 Å². The average molecular weight is 388 g/mol. The summed E-state index contributed by atoms with van der Waals surface area (Å²) in [7, 11) is 0. The second-order valence-corrected chi connectivity index (χ2v) is 6.66. The van der Waals surface area contributed by atoms with Crippen LogP contribution in [-0.2, 0) is 9.59 Å². The van der Waals surface area contributed by atoms with E-state index in [0.717, 1.165) is 0 Å². The molecule has 0 radical (unpaired) electrons. The molecule has 1 heterocycles. The van der Waals surface area contributed by atoms with Crippen LogP contribution in [0.3, 0.4) is 0 Å². The van der Waals surface area contributed by atoms with Crippen LogP contribution in [0.5, 0.6) is 0 Å². The average Bonchev–Trinajstić information content (AvgIpc) is 2.67. The van der Waals surface area contributed by atoms with Gasteiger partial charge in [0.15, 0.2) is 0 Å². The van der Waals surface area contributed by atoms with Gasteiger partial charge in [0.2, 0.25) is 11.8 Å². The van der Waals surface area contributed by atoms with E-state index in [2.05, 4.69) is 10.6 Å². The Balaban J connectivity index is 1.37. The first kappa shape index (κ1) is 19.9. The molecule has 0 bridgehead atoms. The fourth-order valence-corrected chi connectivity index (χ4v) is 2.98. The molecule has 1 fully saturated rings. The van der Waals surface area contributed by atoms with Crippen LogP contribution in [-0.4, -0.2) is 60.9 Å². The highest BCUT2D eigenvalue weighted by Crippen LogP contribution is 2.10. The molecule has 0 spiro atoms. The lowest BCUT2D eigenvalue weighted by atomic mass is 10.2. The summed E-state index contributed by atoms with van der Waals surface area (Å²) in [5.41, 5.74) is 1.12. The lowest BCUT2D eigenvalue weighted by Gasteiger charge is -2.33. The molecule has 2 amide bonds. The van der Waals surface area contributed by atoms with E-state index in [9.17, 15) is 18.4 Å². The van der Waals surface area contributed by atoms with Gasteiger partial charge in [0.25, 0.3) is 0 Å². The summed E-state index contributed by atoms with van der Waals surface area (Å²) in [6.07, 6.45) is 0. The van der Waals surface area contributed by atoms with Gasteiger partial charge in [-0.25, -0.2) is 8.78 Å². The first-order valence-electron chi connectivity index (χ1n) is 9.03. The van der Waals surface area contributed by atoms with Crippen molar-refractivity contribution in [3.63, 3.8) is 0 Å². The Morgan fingerprint density at radius 2 is 1.00 bits per heavy atom. The molecular formula is C20H22F2N4O2. The van der Waals surface area contributed by atoms with E-state index in [0.29, 0.717) is 37.6 Å². The third-order valence-corrected chi connectivity index (χ3v) is 4.46. The molecule has 0 aromatic heterocycles. The summed E-state index contributed by atoms with van der Waals surface area (Å²) in [6.45, 7) is 3.16. The highest BCUT2D eigenvalue weighted by Gasteiger charge is 2.20. The first-order valence-corrected chi connectivity index (χ1v) is 9.03. The highest BCUT2D eigenvalue weighted by atomic mass is 19.1. The normalized spacial score (nSPS) is 15.2. The largest absolute Gasteiger partial charge is 0.325 e. The van der Waals surface area contributed by atoms with E-state index in [4.69, 9.17) is 0 Å². The number of halogens is 2. The number of hydrogen-bond donors (Lipinski definition) is 2. The molecule has 8 heteroatoms. The minimum absolute atomic E-state index is 0.158. The topological polar surface area (TPSA) is 64.7 Å². The summed E-state index contributed by atoms with van der Waals surface area (Å²) >= 11 is 0. The van der Waals surface area contributed by atoms with Crippen molar-refractivity contribution >= 4 is 23.2 Å². The van der Waals surface area contributed by atoms with Crippen LogP contribution >= 0.6 is 0 Å². The van der Waals surface area contributed by atoms with Crippen molar-refractivity contribution in [3.8, 4) is 0 Å². The minimum atomic E-state index is -0.349. The van der Waals surface area contributed by atoms with Gasteiger partial charge >= 0.3 is 0 Å². The molecular weight excluding hydrogens is 366 g/mol. The lowest BCUT2D eigenvalue weighted by Crippen LogP contribution is -2.50. The van der Waals surface area contributed by atoms with Gasteiger partial charge in [-0.05, 0) is 48.5 Å². The van der Waals surface area contributed by atoms with Gasteiger partial charge in [-0.1, -0.05) is 0 Å². The van der Waals surface area contributed by atoms with Crippen LogP contribution in [0.25, 0.3) is 0 Å². The number of nitrogens with zero attached hydrogens (tertiary/aromatic N) is 2. The van der Waals surface area contributed by atoms with Crippen LogP contribution in [0.1, 0.15) is 0 Å². The SMILES string of the molecule is O=C(CN1CCN(CC(=O)Nc2ccc(F)cc2)CC1)Nc1ccc(F)cc1. The lowest BCUT2D eigenvalue weighted by molar-refractivity contribution is -0.120. The van der Waals surface area contributed by atoms with E-state index >= 15 is 0 Å². The number of carbonyl (C=O) groups excluding carboxylic acids is 2. The molecule has 28 heavy (non-hydrogen) atoms. The van der Waals surface area contributed by atoms with Crippen LogP contribution in [0.15, 0.2) is 48.5 Å².